The van der Waals surface area contributed by atoms with Gasteiger partial charge in [0.1, 0.15) is 0 Å². The third kappa shape index (κ3) is 4.97. The molecular formula is C44H35N3Si. The van der Waals surface area contributed by atoms with Crippen LogP contribution in [0.15, 0.2) is 158 Å². The molecule has 0 aliphatic heterocycles. The first-order valence-electron chi connectivity index (χ1n) is 16.4. The lowest BCUT2D eigenvalue weighted by atomic mass is 9.91. The fourth-order valence-corrected chi connectivity index (χ4v) is 8.17. The zero-order valence-corrected chi connectivity index (χ0v) is 28.4. The molecule has 0 aliphatic rings. The summed E-state index contributed by atoms with van der Waals surface area (Å²) < 4.78 is 0. The van der Waals surface area contributed by atoms with Gasteiger partial charge in [-0.15, -0.1) is 0 Å². The summed E-state index contributed by atoms with van der Waals surface area (Å²) in [6.45, 7) is 15.2. The first kappa shape index (κ1) is 29.5. The summed E-state index contributed by atoms with van der Waals surface area (Å²) in [7, 11) is -1.45. The SMILES string of the molecule is [C-]#[N+]c1ccccc1N(c1ccccc1)c1ccc2ccc3c(N(c4ccccc4)c4ccc([Si](C)(C)C)cc4)ccc4ccc1c2c43. The molecule has 230 valence electrons. The minimum absolute atomic E-state index is 0.619. The summed E-state index contributed by atoms with van der Waals surface area (Å²) in [6.07, 6.45) is 0. The molecular weight excluding hydrogens is 599 g/mol. The lowest BCUT2D eigenvalue weighted by molar-refractivity contribution is 1.30. The predicted molar refractivity (Wildman–Crippen MR) is 209 cm³/mol. The Hall–Kier alpha value is -5.89. The maximum Gasteiger partial charge on any atom is 0.210 e. The van der Waals surface area contributed by atoms with Gasteiger partial charge in [-0.05, 0) is 76.1 Å². The fourth-order valence-electron chi connectivity index (χ4n) is 7.01. The van der Waals surface area contributed by atoms with Gasteiger partial charge in [-0.2, -0.15) is 0 Å². The van der Waals surface area contributed by atoms with Crippen molar-refractivity contribution in [2.45, 2.75) is 19.6 Å². The molecule has 0 saturated carbocycles. The van der Waals surface area contributed by atoms with E-state index < -0.39 is 8.07 Å². The molecule has 0 spiro atoms. The molecule has 0 unspecified atom stereocenters. The molecule has 0 radical (unpaired) electrons. The molecule has 0 heterocycles. The standard InChI is InChI=1S/C44H35N3Si/c1-45-39-17-11-12-18-42(39)47(34-15-9-6-10-16-34)41-30-22-32-19-27-37-40(29-21-31-20-28-38(41)44(32)43(31)37)46(33-13-7-5-8-14-33)35-23-25-36(26-24-35)48(2,3)4/h5-30H,2-4H3. The number of para-hydroxylation sites is 4. The molecule has 0 fully saturated rings. The fraction of sp³-hybridized carbons (Fsp3) is 0.0682. The van der Waals surface area contributed by atoms with Gasteiger partial charge in [-0.25, -0.2) is 4.85 Å². The molecule has 0 atom stereocenters. The van der Waals surface area contributed by atoms with E-state index in [-0.39, 0.29) is 0 Å². The number of anilines is 6. The predicted octanol–water partition coefficient (Wildman–Crippen LogP) is 12.6. The largest absolute Gasteiger partial charge is 0.320 e. The highest BCUT2D eigenvalue weighted by Gasteiger charge is 2.23. The molecule has 8 rings (SSSR count). The highest BCUT2D eigenvalue weighted by molar-refractivity contribution is 6.88. The highest BCUT2D eigenvalue weighted by atomic mass is 28.3. The second kappa shape index (κ2) is 11.7. The summed E-state index contributed by atoms with van der Waals surface area (Å²) in [5.41, 5.74) is 6.96. The van der Waals surface area contributed by atoms with Crippen LogP contribution in [0.4, 0.5) is 39.8 Å². The van der Waals surface area contributed by atoms with E-state index in [0.29, 0.717) is 5.69 Å². The number of rotatable bonds is 7. The van der Waals surface area contributed by atoms with E-state index in [1.165, 1.54) is 32.1 Å². The molecule has 48 heavy (non-hydrogen) atoms. The van der Waals surface area contributed by atoms with E-state index in [1.807, 2.05) is 30.3 Å². The van der Waals surface area contributed by atoms with Gasteiger partial charge in [0.2, 0.25) is 5.69 Å². The van der Waals surface area contributed by atoms with Crippen LogP contribution < -0.4 is 15.0 Å². The Morgan fingerprint density at radius 3 is 1.44 bits per heavy atom. The molecule has 4 heteroatoms. The van der Waals surface area contributed by atoms with Crippen molar-refractivity contribution < 1.29 is 0 Å². The van der Waals surface area contributed by atoms with E-state index >= 15 is 0 Å². The van der Waals surface area contributed by atoms with Crippen molar-refractivity contribution in [2.24, 2.45) is 0 Å². The third-order valence-electron chi connectivity index (χ3n) is 9.36. The monoisotopic (exact) mass is 633 g/mol. The quantitative estimate of drug-likeness (QED) is 0.0982. The van der Waals surface area contributed by atoms with Crippen molar-refractivity contribution in [1.29, 1.82) is 0 Å². The molecule has 0 amide bonds. The molecule has 0 bridgehead atoms. The van der Waals surface area contributed by atoms with Crippen LogP contribution in [0.1, 0.15) is 0 Å². The summed E-state index contributed by atoms with van der Waals surface area (Å²) in [6, 6.07) is 56.1. The van der Waals surface area contributed by atoms with Crippen LogP contribution in [0.3, 0.4) is 0 Å². The zero-order valence-electron chi connectivity index (χ0n) is 27.4. The lowest BCUT2D eigenvalue weighted by Gasteiger charge is -2.30. The molecule has 3 nitrogen and oxygen atoms in total. The summed E-state index contributed by atoms with van der Waals surface area (Å²) >= 11 is 0. The van der Waals surface area contributed by atoms with Gasteiger partial charge in [0.25, 0.3) is 0 Å². The van der Waals surface area contributed by atoms with Gasteiger partial charge in [0, 0.05) is 27.8 Å². The van der Waals surface area contributed by atoms with Crippen molar-refractivity contribution in [1.82, 2.24) is 0 Å². The van der Waals surface area contributed by atoms with Crippen LogP contribution in [0, 0.1) is 6.57 Å². The van der Waals surface area contributed by atoms with E-state index in [9.17, 15) is 0 Å². The second-order valence-electron chi connectivity index (χ2n) is 13.3. The van der Waals surface area contributed by atoms with Crippen molar-refractivity contribution in [3.8, 4) is 0 Å². The topological polar surface area (TPSA) is 10.8 Å². The molecule has 0 N–H and O–H groups in total. The molecule has 8 aromatic rings. The first-order valence-corrected chi connectivity index (χ1v) is 19.9. The molecule has 0 aromatic heterocycles. The summed E-state index contributed by atoms with van der Waals surface area (Å²) in [5, 5.41) is 8.68. The Labute approximate surface area is 283 Å². The highest BCUT2D eigenvalue weighted by Crippen LogP contribution is 2.48. The van der Waals surface area contributed by atoms with Gasteiger partial charge in [-0.3, -0.25) is 0 Å². The Morgan fingerprint density at radius 2 is 0.896 bits per heavy atom. The van der Waals surface area contributed by atoms with Gasteiger partial charge in [0.05, 0.1) is 31.7 Å². The first-order chi connectivity index (χ1) is 23.4. The van der Waals surface area contributed by atoms with Crippen molar-refractivity contribution >= 4 is 85.4 Å². The minimum atomic E-state index is -1.45. The van der Waals surface area contributed by atoms with Crippen LogP contribution >= 0.6 is 0 Å². The smallest absolute Gasteiger partial charge is 0.210 e. The van der Waals surface area contributed by atoms with Crippen LogP contribution in [-0.4, -0.2) is 8.07 Å². The van der Waals surface area contributed by atoms with Gasteiger partial charge in [-0.1, -0.05) is 128 Å². The Morgan fingerprint density at radius 1 is 0.438 bits per heavy atom. The van der Waals surface area contributed by atoms with Crippen LogP contribution in [0.25, 0.3) is 37.2 Å². The van der Waals surface area contributed by atoms with Gasteiger partial charge in [0.15, 0.2) is 0 Å². The Balaban J connectivity index is 1.39. The number of nitrogens with zero attached hydrogens (tertiary/aromatic N) is 3. The molecule has 8 aromatic carbocycles. The van der Waals surface area contributed by atoms with E-state index in [2.05, 4.69) is 162 Å². The van der Waals surface area contributed by atoms with Crippen molar-refractivity contribution in [3.05, 3.63) is 169 Å². The van der Waals surface area contributed by atoms with Gasteiger partial charge >= 0.3 is 0 Å². The zero-order chi connectivity index (χ0) is 32.8. The second-order valence-corrected chi connectivity index (χ2v) is 18.4. The van der Waals surface area contributed by atoms with Crippen molar-refractivity contribution in [2.75, 3.05) is 9.80 Å². The maximum absolute atomic E-state index is 7.98. The van der Waals surface area contributed by atoms with Crippen molar-refractivity contribution in [3.63, 3.8) is 0 Å². The average Bonchev–Trinajstić information content (AvgIpc) is 3.13. The summed E-state index contributed by atoms with van der Waals surface area (Å²) in [4.78, 5) is 8.54. The Bertz CT molecular complexity index is 2440. The average molecular weight is 634 g/mol. The lowest BCUT2D eigenvalue weighted by Crippen LogP contribution is -2.37. The molecule has 0 saturated heterocycles. The number of hydrogen-bond acceptors (Lipinski definition) is 2. The van der Waals surface area contributed by atoms with E-state index in [1.54, 1.807) is 0 Å². The maximum atomic E-state index is 7.98. The number of hydrogen-bond donors (Lipinski definition) is 0. The van der Waals surface area contributed by atoms with Crippen LogP contribution in [-0.2, 0) is 0 Å². The minimum Gasteiger partial charge on any atom is -0.320 e. The van der Waals surface area contributed by atoms with Crippen LogP contribution in [0.2, 0.25) is 19.6 Å². The number of benzene rings is 8. The Kier molecular flexibility index (Phi) is 7.21. The van der Waals surface area contributed by atoms with E-state index in [4.69, 9.17) is 6.57 Å². The third-order valence-corrected chi connectivity index (χ3v) is 11.4. The van der Waals surface area contributed by atoms with Gasteiger partial charge < -0.3 is 9.80 Å². The summed E-state index contributed by atoms with van der Waals surface area (Å²) in [5.74, 6) is 0. The normalized spacial score (nSPS) is 11.6. The molecule has 0 aliphatic carbocycles. The van der Waals surface area contributed by atoms with Crippen LogP contribution in [0.5, 0.6) is 0 Å². The van der Waals surface area contributed by atoms with E-state index in [0.717, 1.165) is 39.5 Å².